The van der Waals surface area contributed by atoms with E-state index in [9.17, 15) is 0 Å². The molecule has 0 saturated heterocycles. The van der Waals surface area contributed by atoms with Crippen molar-refractivity contribution in [2.75, 3.05) is 27.7 Å². The number of methoxy groups -OCH3 is 1. The van der Waals surface area contributed by atoms with Gasteiger partial charge in [0.15, 0.2) is 5.75 Å². The molecule has 0 aliphatic rings. The third-order valence-electron chi connectivity index (χ3n) is 3.82. The minimum absolute atomic E-state index is 0.0598. The number of rotatable bonds is 9. The number of nitrogens with one attached hydrogen (secondary N) is 1. The van der Waals surface area contributed by atoms with Crippen molar-refractivity contribution < 1.29 is 4.74 Å². The molecule has 0 spiro atoms. The molecule has 1 rings (SSSR count). The van der Waals surface area contributed by atoms with Crippen LogP contribution in [0.15, 0.2) is 6.20 Å². The first kappa shape index (κ1) is 16.9. The largest absolute Gasteiger partial charge is 0.493 e. The summed E-state index contributed by atoms with van der Waals surface area (Å²) >= 11 is 0. The summed E-state index contributed by atoms with van der Waals surface area (Å²) in [6, 6.07) is 0.0598. The average molecular weight is 283 g/mol. The molecule has 0 bridgehead atoms. The number of aromatic nitrogens is 2. The SMILES string of the molecule is CCC(CC)C(NN)c1c(OC)cnn1CCN(C)C. The van der Waals surface area contributed by atoms with Gasteiger partial charge in [-0.15, -0.1) is 0 Å². The highest BCUT2D eigenvalue weighted by Gasteiger charge is 2.26. The van der Waals surface area contributed by atoms with E-state index >= 15 is 0 Å². The van der Waals surface area contributed by atoms with Crippen molar-refractivity contribution in [3.8, 4) is 5.75 Å². The third kappa shape index (κ3) is 3.94. The maximum absolute atomic E-state index is 5.81. The molecule has 1 heterocycles. The quantitative estimate of drug-likeness (QED) is 0.529. The summed E-state index contributed by atoms with van der Waals surface area (Å²) in [7, 11) is 5.79. The summed E-state index contributed by atoms with van der Waals surface area (Å²) in [5.41, 5.74) is 4.00. The van der Waals surface area contributed by atoms with Crippen LogP contribution in [-0.4, -0.2) is 42.4 Å². The highest BCUT2D eigenvalue weighted by molar-refractivity contribution is 5.29. The number of likely N-dealkylation sites (N-methyl/N-ethyl adjacent to an activating group) is 1. The van der Waals surface area contributed by atoms with Crippen molar-refractivity contribution in [2.24, 2.45) is 11.8 Å². The lowest BCUT2D eigenvalue weighted by molar-refractivity contribution is 0.301. The minimum Gasteiger partial charge on any atom is -0.493 e. The summed E-state index contributed by atoms with van der Waals surface area (Å²) in [6.45, 7) is 6.12. The van der Waals surface area contributed by atoms with Gasteiger partial charge in [0.2, 0.25) is 0 Å². The lowest BCUT2D eigenvalue weighted by Crippen LogP contribution is -2.35. The zero-order valence-electron chi connectivity index (χ0n) is 13.4. The van der Waals surface area contributed by atoms with Gasteiger partial charge in [-0.1, -0.05) is 26.7 Å². The first-order valence-corrected chi connectivity index (χ1v) is 7.29. The normalized spacial score (nSPS) is 13.2. The summed E-state index contributed by atoms with van der Waals surface area (Å²) in [5, 5.41) is 4.45. The third-order valence-corrected chi connectivity index (χ3v) is 3.82. The molecule has 0 amide bonds. The van der Waals surface area contributed by atoms with Crippen LogP contribution >= 0.6 is 0 Å². The van der Waals surface area contributed by atoms with Gasteiger partial charge >= 0.3 is 0 Å². The second-order valence-corrected chi connectivity index (χ2v) is 5.35. The Morgan fingerprint density at radius 3 is 2.50 bits per heavy atom. The average Bonchev–Trinajstić information content (AvgIpc) is 2.85. The van der Waals surface area contributed by atoms with Crippen molar-refractivity contribution in [3.63, 3.8) is 0 Å². The van der Waals surface area contributed by atoms with Gasteiger partial charge in [0.1, 0.15) is 0 Å². The second-order valence-electron chi connectivity index (χ2n) is 5.35. The first-order chi connectivity index (χ1) is 9.58. The predicted molar refractivity (Wildman–Crippen MR) is 81.5 cm³/mol. The van der Waals surface area contributed by atoms with Crippen LogP contribution in [0.4, 0.5) is 0 Å². The molecular formula is C14H29N5O. The van der Waals surface area contributed by atoms with Crippen molar-refractivity contribution in [1.29, 1.82) is 0 Å². The van der Waals surface area contributed by atoms with Crippen LogP contribution < -0.4 is 16.0 Å². The Kier molecular flexibility index (Phi) is 6.98. The fraction of sp³-hybridized carbons (Fsp3) is 0.786. The van der Waals surface area contributed by atoms with Crippen molar-refractivity contribution in [2.45, 2.75) is 39.3 Å². The smallest absolute Gasteiger partial charge is 0.161 e. The molecule has 0 aromatic carbocycles. The molecule has 6 nitrogen and oxygen atoms in total. The number of nitrogens with two attached hydrogens (primary N) is 1. The van der Waals surface area contributed by atoms with Crippen molar-refractivity contribution in [3.05, 3.63) is 11.9 Å². The van der Waals surface area contributed by atoms with Gasteiger partial charge in [-0.2, -0.15) is 5.10 Å². The molecule has 6 heteroatoms. The van der Waals surface area contributed by atoms with Gasteiger partial charge in [0.25, 0.3) is 0 Å². The maximum Gasteiger partial charge on any atom is 0.161 e. The van der Waals surface area contributed by atoms with E-state index in [1.807, 2.05) is 4.68 Å². The molecule has 1 atom stereocenters. The molecule has 3 N–H and O–H groups in total. The zero-order valence-corrected chi connectivity index (χ0v) is 13.4. The van der Waals surface area contributed by atoms with Crippen LogP contribution in [0.2, 0.25) is 0 Å². The molecule has 0 aliphatic carbocycles. The number of hydrogen-bond acceptors (Lipinski definition) is 5. The van der Waals surface area contributed by atoms with Crippen molar-refractivity contribution >= 4 is 0 Å². The molecule has 20 heavy (non-hydrogen) atoms. The number of nitrogens with zero attached hydrogens (tertiary/aromatic N) is 3. The summed E-state index contributed by atoms with van der Waals surface area (Å²) in [4.78, 5) is 2.14. The second kappa shape index (κ2) is 8.24. The van der Waals surface area contributed by atoms with Crippen LogP contribution in [0.3, 0.4) is 0 Å². The Labute approximate surface area is 122 Å². The van der Waals surface area contributed by atoms with Gasteiger partial charge in [0, 0.05) is 6.54 Å². The van der Waals surface area contributed by atoms with E-state index in [4.69, 9.17) is 10.6 Å². The molecule has 1 unspecified atom stereocenters. The molecule has 0 fully saturated rings. The Bertz CT molecular complexity index is 387. The van der Waals surface area contributed by atoms with E-state index in [0.29, 0.717) is 5.92 Å². The number of hydrazine groups is 1. The Morgan fingerprint density at radius 2 is 2.05 bits per heavy atom. The topological polar surface area (TPSA) is 68.3 Å². The summed E-state index contributed by atoms with van der Waals surface area (Å²) in [5.74, 6) is 7.07. The predicted octanol–water partition coefficient (Wildman–Crippen LogP) is 1.39. The van der Waals surface area contributed by atoms with Crippen LogP contribution in [0.5, 0.6) is 5.75 Å². The fourth-order valence-electron chi connectivity index (χ4n) is 2.52. The van der Waals surface area contributed by atoms with Crippen LogP contribution in [-0.2, 0) is 6.54 Å². The summed E-state index contributed by atoms with van der Waals surface area (Å²) < 4.78 is 7.46. The van der Waals surface area contributed by atoms with E-state index in [1.165, 1.54) is 0 Å². The highest BCUT2D eigenvalue weighted by Crippen LogP contribution is 2.32. The molecule has 0 saturated carbocycles. The molecular weight excluding hydrogens is 254 g/mol. The Morgan fingerprint density at radius 1 is 1.40 bits per heavy atom. The number of ether oxygens (including phenoxy) is 1. The Balaban J connectivity index is 3.07. The van der Waals surface area contributed by atoms with E-state index in [2.05, 4.69) is 43.4 Å². The van der Waals surface area contributed by atoms with E-state index in [0.717, 1.165) is 37.4 Å². The standard InChI is InChI=1S/C14H29N5O/c1-6-11(7-2)13(17-15)14-12(20-5)10-16-19(14)9-8-18(3)4/h10-11,13,17H,6-9,15H2,1-5H3. The zero-order chi connectivity index (χ0) is 15.1. The van der Waals surface area contributed by atoms with E-state index < -0.39 is 0 Å². The molecule has 1 aromatic rings. The first-order valence-electron chi connectivity index (χ1n) is 7.29. The van der Waals surface area contributed by atoms with Crippen LogP contribution in [0.25, 0.3) is 0 Å². The lowest BCUT2D eigenvalue weighted by Gasteiger charge is -2.26. The monoisotopic (exact) mass is 283 g/mol. The maximum atomic E-state index is 5.81. The van der Waals surface area contributed by atoms with Gasteiger partial charge in [-0.05, 0) is 20.0 Å². The van der Waals surface area contributed by atoms with Crippen LogP contribution in [0, 0.1) is 5.92 Å². The van der Waals surface area contributed by atoms with Gasteiger partial charge in [0.05, 0.1) is 31.6 Å². The Hall–Kier alpha value is -1.11. The molecule has 0 radical (unpaired) electrons. The molecule has 116 valence electrons. The van der Waals surface area contributed by atoms with Crippen molar-refractivity contribution in [1.82, 2.24) is 20.1 Å². The summed E-state index contributed by atoms with van der Waals surface area (Å²) in [6.07, 6.45) is 3.90. The van der Waals surface area contributed by atoms with Gasteiger partial charge < -0.3 is 9.64 Å². The highest BCUT2D eigenvalue weighted by atomic mass is 16.5. The minimum atomic E-state index is 0.0598. The van der Waals surface area contributed by atoms with E-state index in [-0.39, 0.29) is 6.04 Å². The van der Waals surface area contributed by atoms with Gasteiger partial charge in [-0.25, -0.2) is 0 Å². The molecule has 0 aliphatic heterocycles. The molecule has 1 aromatic heterocycles. The number of hydrogen-bond donors (Lipinski definition) is 2. The fourth-order valence-corrected chi connectivity index (χ4v) is 2.52. The van der Waals surface area contributed by atoms with Gasteiger partial charge in [-0.3, -0.25) is 16.0 Å². The lowest BCUT2D eigenvalue weighted by atomic mass is 9.92. The van der Waals surface area contributed by atoms with Crippen LogP contribution in [0.1, 0.15) is 38.4 Å². The van der Waals surface area contributed by atoms with E-state index in [1.54, 1.807) is 13.3 Å².